The van der Waals surface area contributed by atoms with Gasteiger partial charge in [-0.2, -0.15) is 0 Å². The maximum atomic E-state index is 9.35. The molecule has 0 aliphatic carbocycles. The van der Waals surface area contributed by atoms with Crippen LogP contribution in [0.15, 0.2) is 212 Å². The SMILES string of the molecule is [2H]c1c([2H])c([2H])c(-c2cccc3ccccc23)c(-c2nc(-c3cccc(-c4ccccc4)c3)nc(-c3cccc(-c4ccc5cc(-c6ccccc6)ccc5c4)c3)n2)c1[2H]. The first kappa shape index (κ1) is 28.9. The second-order valence-corrected chi connectivity index (χ2v) is 13.8. The zero-order chi connectivity index (χ0) is 40.7. The summed E-state index contributed by atoms with van der Waals surface area (Å²) in [5, 5.41) is 4.08. The first-order valence-corrected chi connectivity index (χ1v) is 18.6. The minimum absolute atomic E-state index is 0.153. The average molecular weight is 718 g/mol. The molecule has 0 spiro atoms. The quantitative estimate of drug-likeness (QED) is 0.165. The molecule has 0 N–H and O–H groups in total. The molecule has 3 heteroatoms. The highest BCUT2D eigenvalue weighted by Crippen LogP contribution is 2.37. The van der Waals surface area contributed by atoms with Crippen molar-refractivity contribution in [2.75, 3.05) is 0 Å². The molecule has 0 aliphatic heterocycles. The molecule has 10 aromatic rings. The van der Waals surface area contributed by atoms with Crippen LogP contribution in [0.3, 0.4) is 0 Å². The van der Waals surface area contributed by atoms with E-state index in [1.165, 1.54) is 11.1 Å². The van der Waals surface area contributed by atoms with Crippen molar-refractivity contribution >= 4 is 21.5 Å². The Morgan fingerprint density at radius 1 is 0.286 bits per heavy atom. The van der Waals surface area contributed by atoms with Crippen LogP contribution in [0.25, 0.3) is 100 Å². The van der Waals surface area contributed by atoms with Gasteiger partial charge in [0.2, 0.25) is 0 Å². The lowest BCUT2D eigenvalue weighted by atomic mass is 9.94. The highest BCUT2D eigenvalue weighted by atomic mass is 15.0. The predicted molar refractivity (Wildman–Crippen MR) is 233 cm³/mol. The van der Waals surface area contributed by atoms with E-state index >= 15 is 0 Å². The molecular weight excluding hydrogens is 679 g/mol. The molecule has 0 bridgehead atoms. The molecular formula is C53H35N3. The molecule has 1 heterocycles. The molecule has 0 fully saturated rings. The molecule has 262 valence electrons. The van der Waals surface area contributed by atoms with Crippen molar-refractivity contribution in [1.82, 2.24) is 15.0 Å². The maximum Gasteiger partial charge on any atom is 0.164 e. The van der Waals surface area contributed by atoms with Gasteiger partial charge in [-0.05, 0) is 90.3 Å². The van der Waals surface area contributed by atoms with Crippen molar-refractivity contribution in [3.8, 4) is 78.7 Å². The molecule has 10 rings (SSSR count). The van der Waals surface area contributed by atoms with Gasteiger partial charge in [-0.3, -0.25) is 0 Å². The minimum atomic E-state index is -0.359. The van der Waals surface area contributed by atoms with Gasteiger partial charge >= 0.3 is 0 Å². The van der Waals surface area contributed by atoms with E-state index in [4.69, 9.17) is 17.7 Å². The number of hydrogen-bond donors (Lipinski definition) is 0. The van der Waals surface area contributed by atoms with Gasteiger partial charge in [-0.15, -0.1) is 0 Å². The Kier molecular flexibility index (Phi) is 7.44. The number of hydrogen-bond acceptors (Lipinski definition) is 3. The molecule has 0 radical (unpaired) electrons. The zero-order valence-corrected chi connectivity index (χ0v) is 30.2. The normalized spacial score (nSPS) is 12.2. The Labute approximate surface area is 331 Å². The van der Waals surface area contributed by atoms with E-state index in [-0.39, 0.29) is 35.6 Å². The first-order valence-electron chi connectivity index (χ1n) is 20.6. The van der Waals surface area contributed by atoms with E-state index in [1.807, 2.05) is 103 Å². The minimum Gasteiger partial charge on any atom is -0.208 e. The molecule has 0 unspecified atom stereocenters. The van der Waals surface area contributed by atoms with Crippen molar-refractivity contribution in [1.29, 1.82) is 0 Å². The van der Waals surface area contributed by atoms with Gasteiger partial charge in [0, 0.05) is 16.7 Å². The molecule has 1 aromatic heterocycles. The van der Waals surface area contributed by atoms with E-state index in [2.05, 4.69) is 84.9 Å². The molecule has 56 heavy (non-hydrogen) atoms. The van der Waals surface area contributed by atoms with E-state index in [9.17, 15) is 2.74 Å². The monoisotopic (exact) mass is 717 g/mol. The Bertz CT molecular complexity index is 3250. The molecule has 0 saturated heterocycles. The zero-order valence-electron chi connectivity index (χ0n) is 34.2. The number of benzene rings is 9. The van der Waals surface area contributed by atoms with E-state index in [1.54, 1.807) is 0 Å². The third-order valence-corrected chi connectivity index (χ3v) is 10.2. The van der Waals surface area contributed by atoms with Crippen LogP contribution in [0.4, 0.5) is 0 Å². The highest BCUT2D eigenvalue weighted by molar-refractivity contribution is 6.00. The molecule has 9 aromatic carbocycles. The molecule has 3 nitrogen and oxygen atoms in total. The van der Waals surface area contributed by atoms with Crippen LogP contribution >= 0.6 is 0 Å². The Morgan fingerprint density at radius 3 is 1.38 bits per heavy atom. The summed E-state index contributed by atoms with van der Waals surface area (Å²) in [4.78, 5) is 15.2. The number of nitrogens with zero attached hydrogens (tertiary/aromatic N) is 3. The Hall–Kier alpha value is -7.49. The van der Waals surface area contributed by atoms with Crippen LogP contribution in [-0.4, -0.2) is 15.0 Å². The topological polar surface area (TPSA) is 38.7 Å². The van der Waals surface area contributed by atoms with Crippen molar-refractivity contribution in [2.24, 2.45) is 0 Å². The second-order valence-electron chi connectivity index (χ2n) is 13.8. The van der Waals surface area contributed by atoms with Gasteiger partial charge < -0.3 is 0 Å². The predicted octanol–water partition coefficient (Wildman–Crippen LogP) is 13.8. The fourth-order valence-electron chi connectivity index (χ4n) is 7.41. The third kappa shape index (κ3) is 6.42. The van der Waals surface area contributed by atoms with Gasteiger partial charge in [0.25, 0.3) is 0 Å². The number of rotatable bonds is 7. The number of fused-ring (bicyclic) bond motifs is 2. The van der Waals surface area contributed by atoms with Gasteiger partial charge in [-0.1, -0.05) is 188 Å². The van der Waals surface area contributed by atoms with Gasteiger partial charge in [0.1, 0.15) is 0 Å². The van der Waals surface area contributed by atoms with Gasteiger partial charge in [-0.25, -0.2) is 15.0 Å². The summed E-state index contributed by atoms with van der Waals surface area (Å²) >= 11 is 0. The summed E-state index contributed by atoms with van der Waals surface area (Å²) in [6.07, 6.45) is 0. The van der Waals surface area contributed by atoms with Crippen LogP contribution in [0, 0.1) is 0 Å². The summed E-state index contributed by atoms with van der Waals surface area (Å²) in [6.45, 7) is 0. The van der Waals surface area contributed by atoms with E-state index < -0.39 is 0 Å². The largest absolute Gasteiger partial charge is 0.208 e. The summed E-state index contributed by atoms with van der Waals surface area (Å²) in [5.41, 5.74) is 9.09. The van der Waals surface area contributed by atoms with Crippen LogP contribution in [0.2, 0.25) is 0 Å². The number of aromatic nitrogens is 3. The van der Waals surface area contributed by atoms with E-state index in [0.29, 0.717) is 22.8 Å². The first-order chi connectivity index (χ1) is 29.4. The molecule has 0 amide bonds. The van der Waals surface area contributed by atoms with Gasteiger partial charge in [0.05, 0.1) is 5.48 Å². The summed E-state index contributed by atoms with van der Waals surface area (Å²) in [5.74, 6) is 0.918. The summed E-state index contributed by atoms with van der Waals surface area (Å²) < 4.78 is 36.2. The van der Waals surface area contributed by atoms with Crippen LogP contribution in [0.5, 0.6) is 0 Å². The Balaban J connectivity index is 1.16. The lowest BCUT2D eigenvalue weighted by Crippen LogP contribution is -2.01. The smallest absolute Gasteiger partial charge is 0.164 e. The van der Waals surface area contributed by atoms with Crippen molar-refractivity contribution in [3.63, 3.8) is 0 Å². The molecule has 0 saturated carbocycles. The fraction of sp³-hybridized carbons (Fsp3) is 0. The second kappa shape index (κ2) is 14.4. The van der Waals surface area contributed by atoms with Crippen molar-refractivity contribution in [3.05, 3.63) is 212 Å². The fourth-order valence-corrected chi connectivity index (χ4v) is 7.41. The van der Waals surface area contributed by atoms with Crippen LogP contribution in [-0.2, 0) is 0 Å². The van der Waals surface area contributed by atoms with Gasteiger partial charge in [0.15, 0.2) is 17.5 Å². The highest BCUT2D eigenvalue weighted by Gasteiger charge is 2.17. The lowest BCUT2D eigenvalue weighted by Gasteiger charge is -2.14. The molecule has 0 aliphatic rings. The van der Waals surface area contributed by atoms with Crippen LogP contribution in [0.1, 0.15) is 5.48 Å². The van der Waals surface area contributed by atoms with Crippen molar-refractivity contribution < 1.29 is 5.48 Å². The summed E-state index contributed by atoms with van der Waals surface area (Å²) in [6, 6.07) is 62.2. The average Bonchev–Trinajstić information content (AvgIpc) is 3.32. The summed E-state index contributed by atoms with van der Waals surface area (Å²) in [7, 11) is 0. The van der Waals surface area contributed by atoms with Crippen molar-refractivity contribution in [2.45, 2.75) is 0 Å². The standard InChI is InChI=1S/C53H35N3/c1-3-14-36(15-4-1)39-20-11-22-45(34-39)51-54-52(56-53(55-51)50-26-10-9-25-49(50)48-27-13-19-38-18-7-8-24-47(38)48)46-23-12-21-40(35-46)42-30-31-43-32-41(28-29-44(43)33-42)37-16-5-2-6-17-37/h1-35H/i9D,10D,25D,26D. The maximum absolute atomic E-state index is 9.35. The van der Waals surface area contributed by atoms with E-state index in [0.717, 1.165) is 54.9 Å². The van der Waals surface area contributed by atoms with Crippen LogP contribution < -0.4 is 0 Å². The Morgan fingerprint density at radius 2 is 0.732 bits per heavy atom. The lowest BCUT2D eigenvalue weighted by molar-refractivity contribution is 1.07. The molecule has 0 atom stereocenters. The third-order valence-electron chi connectivity index (χ3n) is 10.2.